The zero-order valence-corrected chi connectivity index (χ0v) is 17.6. The average molecular weight is 433 g/mol. The maximum absolute atomic E-state index is 12.8. The molecular formula is C23H16N2O3S2. The summed E-state index contributed by atoms with van der Waals surface area (Å²) in [5.74, 6) is 1.86. The van der Waals surface area contributed by atoms with Gasteiger partial charge in [0, 0.05) is 11.6 Å². The van der Waals surface area contributed by atoms with E-state index in [2.05, 4.69) is 6.07 Å². The van der Waals surface area contributed by atoms with Crippen LogP contribution in [-0.4, -0.2) is 22.2 Å². The van der Waals surface area contributed by atoms with E-state index in [0.29, 0.717) is 32.9 Å². The number of nitrogens with zero attached hydrogens (tertiary/aromatic N) is 2. The second-order valence-electron chi connectivity index (χ2n) is 6.51. The van der Waals surface area contributed by atoms with E-state index in [9.17, 15) is 4.79 Å². The number of rotatable bonds is 5. The zero-order valence-electron chi connectivity index (χ0n) is 16.0. The Morgan fingerprint density at radius 2 is 1.87 bits per heavy atom. The van der Waals surface area contributed by atoms with Gasteiger partial charge in [-0.3, -0.25) is 9.69 Å². The fourth-order valence-corrected chi connectivity index (χ4v) is 4.21. The third-order valence-electron chi connectivity index (χ3n) is 4.57. The highest BCUT2D eigenvalue weighted by Gasteiger charge is 2.32. The Morgan fingerprint density at radius 3 is 2.53 bits per heavy atom. The summed E-state index contributed by atoms with van der Waals surface area (Å²) < 4.78 is 11.5. The summed E-state index contributed by atoms with van der Waals surface area (Å²) >= 11 is 6.67. The molecule has 1 fully saturated rings. The number of amides is 1. The van der Waals surface area contributed by atoms with E-state index < -0.39 is 0 Å². The first kappa shape index (κ1) is 20.0. The minimum absolute atomic E-state index is 0.142. The fourth-order valence-electron chi connectivity index (χ4n) is 2.97. The molecule has 0 N–H and O–H groups in total. The van der Waals surface area contributed by atoms with Crippen LogP contribution in [0.3, 0.4) is 0 Å². The molecule has 0 atom stereocenters. The Hall–Kier alpha value is -3.34. The van der Waals surface area contributed by atoms with Crippen LogP contribution in [0.15, 0.2) is 70.0 Å². The van der Waals surface area contributed by atoms with Gasteiger partial charge in [0.1, 0.15) is 21.6 Å². The molecule has 1 amide bonds. The molecule has 0 aliphatic carbocycles. The Bertz CT molecular complexity index is 1170. The van der Waals surface area contributed by atoms with Gasteiger partial charge in [-0.2, -0.15) is 5.26 Å². The van der Waals surface area contributed by atoms with Gasteiger partial charge in [0.25, 0.3) is 5.91 Å². The van der Waals surface area contributed by atoms with Crippen LogP contribution in [0.1, 0.15) is 16.9 Å². The van der Waals surface area contributed by atoms with Crippen LogP contribution in [0, 0.1) is 11.3 Å². The third-order valence-corrected chi connectivity index (χ3v) is 5.95. The summed E-state index contributed by atoms with van der Waals surface area (Å²) in [6.45, 7) is 0.403. The fraction of sp³-hybridized carbons (Fsp3) is 0.0870. The summed E-state index contributed by atoms with van der Waals surface area (Å²) in [6.07, 6.45) is 1.71. The van der Waals surface area contributed by atoms with Crippen LogP contribution in [0.4, 0.5) is 0 Å². The van der Waals surface area contributed by atoms with Crippen LogP contribution in [0.5, 0.6) is 5.75 Å². The first-order chi connectivity index (χ1) is 14.6. The largest absolute Gasteiger partial charge is 0.497 e. The van der Waals surface area contributed by atoms with E-state index >= 15 is 0 Å². The van der Waals surface area contributed by atoms with Crippen molar-refractivity contribution < 1.29 is 13.9 Å². The van der Waals surface area contributed by atoms with E-state index in [4.69, 9.17) is 26.6 Å². The summed E-state index contributed by atoms with van der Waals surface area (Å²) in [4.78, 5) is 15.0. The number of furan rings is 1. The standard InChI is InChI=1S/C23H16N2O3S2/c1-27-18-8-4-16(5-9-18)14-25-22(26)21(30-23(25)29)12-19-10-11-20(28-19)17-6-2-15(13-24)3-7-17/h2-12H,14H2,1H3/b21-12-. The molecule has 0 saturated carbocycles. The highest BCUT2D eigenvalue weighted by molar-refractivity contribution is 8.26. The molecule has 0 bridgehead atoms. The normalized spacial score (nSPS) is 14.9. The quantitative estimate of drug-likeness (QED) is 0.406. The van der Waals surface area contributed by atoms with Crippen molar-refractivity contribution in [3.8, 4) is 23.1 Å². The first-order valence-corrected chi connectivity index (χ1v) is 10.3. The van der Waals surface area contributed by atoms with Gasteiger partial charge in [-0.25, -0.2) is 0 Å². The minimum atomic E-state index is -0.142. The van der Waals surface area contributed by atoms with Gasteiger partial charge in [-0.1, -0.05) is 36.1 Å². The number of benzene rings is 2. The van der Waals surface area contributed by atoms with E-state index in [0.717, 1.165) is 16.9 Å². The Kier molecular flexibility index (Phi) is 5.70. The van der Waals surface area contributed by atoms with Crippen LogP contribution in [-0.2, 0) is 11.3 Å². The number of methoxy groups -OCH3 is 1. The van der Waals surface area contributed by atoms with Crippen molar-refractivity contribution in [2.24, 2.45) is 0 Å². The second kappa shape index (κ2) is 8.57. The van der Waals surface area contributed by atoms with Crippen molar-refractivity contribution in [3.05, 3.63) is 82.5 Å². The van der Waals surface area contributed by atoms with Gasteiger partial charge in [0.05, 0.1) is 30.2 Å². The topological polar surface area (TPSA) is 66.5 Å². The van der Waals surface area contributed by atoms with Gasteiger partial charge in [0.15, 0.2) is 0 Å². The maximum Gasteiger partial charge on any atom is 0.266 e. The maximum atomic E-state index is 12.8. The molecule has 148 valence electrons. The molecule has 1 aliphatic rings. The molecule has 0 radical (unpaired) electrons. The number of nitriles is 1. The molecule has 3 aromatic rings. The van der Waals surface area contributed by atoms with Crippen molar-refractivity contribution >= 4 is 40.3 Å². The zero-order chi connectivity index (χ0) is 21.1. The predicted molar refractivity (Wildman–Crippen MR) is 121 cm³/mol. The summed E-state index contributed by atoms with van der Waals surface area (Å²) in [5, 5.41) is 8.91. The van der Waals surface area contributed by atoms with Crippen LogP contribution < -0.4 is 4.74 Å². The number of thioether (sulfide) groups is 1. The van der Waals surface area contributed by atoms with Gasteiger partial charge in [-0.05, 0) is 54.1 Å². The van der Waals surface area contributed by atoms with Crippen LogP contribution in [0.2, 0.25) is 0 Å². The molecule has 1 aromatic heterocycles. The molecule has 1 aliphatic heterocycles. The molecule has 0 unspecified atom stereocenters. The highest BCUT2D eigenvalue weighted by atomic mass is 32.2. The smallest absolute Gasteiger partial charge is 0.266 e. The van der Waals surface area contributed by atoms with Crippen LogP contribution in [0.25, 0.3) is 17.4 Å². The third kappa shape index (κ3) is 4.15. The van der Waals surface area contributed by atoms with E-state index in [1.165, 1.54) is 11.8 Å². The monoisotopic (exact) mass is 432 g/mol. The second-order valence-corrected chi connectivity index (χ2v) is 8.18. The van der Waals surface area contributed by atoms with Gasteiger partial charge in [-0.15, -0.1) is 0 Å². The Labute approximate surface area is 183 Å². The SMILES string of the molecule is COc1ccc(CN2C(=O)/C(=C/c3ccc(-c4ccc(C#N)cc4)o3)SC2=S)cc1. The lowest BCUT2D eigenvalue weighted by molar-refractivity contribution is -0.122. The van der Waals surface area contributed by atoms with Crippen molar-refractivity contribution in [2.75, 3.05) is 7.11 Å². The molecule has 30 heavy (non-hydrogen) atoms. The molecule has 5 nitrogen and oxygen atoms in total. The van der Waals surface area contributed by atoms with E-state index in [-0.39, 0.29) is 5.91 Å². The van der Waals surface area contributed by atoms with Gasteiger partial charge in [0.2, 0.25) is 0 Å². The van der Waals surface area contributed by atoms with Crippen LogP contribution >= 0.6 is 24.0 Å². The molecule has 4 rings (SSSR count). The summed E-state index contributed by atoms with van der Waals surface area (Å²) in [5.41, 5.74) is 2.42. The number of hydrogen-bond donors (Lipinski definition) is 0. The highest BCUT2D eigenvalue weighted by Crippen LogP contribution is 2.34. The van der Waals surface area contributed by atoms with E-state index in [1.54, 1.807) is 30.2 Å². The molecule has 1 saturated heterocycles. The Balaban J connectivity index is 1.50. The number of carbonyl (C=O) groups excluding carboxylic acids is 1. The minimum Gasteiger partial charge on any atom is -0.497 e. The molecule has 2 heterocycles. The number of hydrogen-bond acceptors (Lipinski definition) is 6. The molecule has 7 heteroatoms. The lowest BCUT2D eigenvalue weighted by Gasteiger charge is -2.14. The lowest BCUT2D eigenvalue weighted by Crippen LogP contribution is -2.27. The summed E-state index contributed by atoms with van der Waals surface area (Å²) in [7, 11) is 1.61. The van der Waals surface area contributed by atoms with Crippen molar-refractivity contribution in [1.29, 1.82) is 5.26 Å². The lowest BCUT2D eigenvalue weighted by atomic mass is 10.1. The van der Waals surface area contributed by atoms with Crippen molar-refractivity contribution in [2.45, 2.75) is 6.54 Å². The van der Waals surface area contributed by atoms with Gasteiger partial charge < -0.3 is 9.15 Å². The average Bonchev–Trinajstić information content (AvgIpc) is 3.35. The van der Waals surface area contributed by atoms with Gasteiger partial charge >= 0.3 is 0 Å². The number of thiocarbonyl (C=S) groups is 1. The van der Waals surface area contributed by atoms with E-state index in [1.807, 2.05) is 48.5 Å². The van der Waals surface area contributed by atoms with Crippen molar-refractivity contribution in [1.82, 2.24) is 4.90 Å². The van der Waals surface area contributed by atoms with Crippen molar-refractivity contribution in [3.63, 3.8) is 0 Å². The Morgan fingerprint density at radius 1 is 1.13 bits per heavy atom. The number of ether oxygens (including phenoxy) is 1. The molecule has 2 aromatic carbocycles. The summed E-state index contributed by atoms with van der Waals surface area (Å²) in [6, 6.07) is 20.4. The molecule has 0 spiro atoms. The number of carbonyl (C=O) groups is 1. The predicted octanol–water partition coefficient (Wildman–Crippen LogP) is 5.23. The first-order valence-electron chi connectivity index (χ1n) is 9.06. The molecular weight excluding hydrogens is 416 g/mol.